The lowest BCUT2D eigenvalue weighted by atomic mass is 9.86. The van der Waals surface area contributed by atoms with E-state index in [2.05, 4.69) is 0 Å². The van der Waals surface area contributed by atoms with Gasteiger partial charge in [-0.3, -0.25) is 4.79 Å². The van der Waals surface area contributed by atoms with E-state index in [-0.39, 0.29) is 5.78 Å². The number of hydrogen-bond donors (Lipinski definition) is 0. The van der Waals surface area contributed by atoms with Crippen molar-refractivity contribution in [2.45, 2.75) is 5.92 Å². The van der Waals surface area contributed by atoms with E-state index in [9.17, 15) is 18.0 Å². The van der Waals surface area contributed by atoms with Gasteiger partial charge in [-0.25, -0.2) is 13.2 Å². The predicted octanol–water partition coefficient (Wildman–Crippen LogP) is 7.86. The standard InChI is InChI=1S/C28H18ClF3O/c29-22-9-1-21(2-10-22)28(33)27(20-7-15-25(32)16-8-20)17-26(18-3-11-23(30)12-4-18)19-5-13-24(31)14-6-19/h1-17,27H. The first-order chi connectivity index (χ1) is 15.9. The van der Waals surface area contributed by atoms with Gasteiger partial charge in [0, 0.05) is 10.6 Å². The van der Waals surface area contributed by atoms with E-state index < -0.39 is 23.4 Å². The molecule has 0 heterocycles. The first-order valence-corrected chi connectivity index (χ1v) is 10.6. The molecule has 0 aliphatic rings. The van der Waals surface area contributed by atoms with Gasteiger partial charge in [-0.15, -0.1) is 0 Å². The molecule has 1 nitrogen and oxygen atoms in total. The van der Waals surface area contributed by atoms with Crippen LogP contribution in [-0.2, 0) is 0 Å². The van der Waals surface area contributed by atoms with Crippen molar-refractivity contribution in [1.82, 2.24) is 0 Å². The van der Waals surface area contributed by atoms with Gasteiger partial charge in [-0.2, -0.15) is 0 Å². The minimum atomic E-state index is -0.781. The Kier molecular flexibility index (Phi) is 6.76. The topological polar surface area (TPSA) is 17.1 Å². The molecule has 0 N–H and O–H groups in total. The van der Waals surface area contributed by atoms with Gasteiger partial charge in [0.05, 0.1) is 5.92 Å². The molecule has 0 fully saturated rings. The number of allylic oxidation sites excluding steroid dienone is 1. The van der Waals surface area contributed by atoms with Gasteiger partial charge in [-0.1, -0.05) is 54.1 Å². The fraction of sp³-hybridized carbons (Fsp3) is 0.0357. The van der Waals surface area contributed by atoms with Crippen molar-refractivity contribution in [2.24, 2.45) is 0 Å². The van der Waals surface area contributed by atoms with Crippen LogP contribution in [0.1, 0.15) is 33.0 Å². The Hall–Kier alpha value is -3.63. The molecule has 164 valence electrons. The van der Waals surface area contributed by atoms with Crippen LogP contribution in [0.25, 0.3) is 5.57 Å². The molecule has 0 aromatic heterocycles. The zero-order valence-corrected chi connectivity index (χ0v) is 18.1. The molecule has 5 heteroatoms. The molecule has 0 amide bonds. The van der Waals surface area contributed by atoms with Crippen LogP contribution in [0.4, 0.5) is 13.2 Å². The number of carbonyl (C=O) groups excluding carboxylic acids is 1. The Bertz CT molecular complexity index is 1230. The van der Waals surface area contributed by atoms with Crippen LogP contribution in [0.5, 0.6) is 0 Å². The third kappa shape index (κ3) is 5.41. The van der Waals surface area contributed by atoms with Gasteiger partial charge in [0.2, 0.25) is 0 Å². The number of Topliss-reactive ketones (excluding diaryl/α,β-unsaturated/α-hetero) is 1. The third-order valence-electron chi connectivity index (χ3n) is 5.28. The summed E-state index contributed by atoms with van der Waals surface area (Å²) in [4.78, 5) is 13.5. The summed E-state index contributed by atoms with van der Waals surface area (Å²) < 4.78 is 40.8. The molecule has 0 aliphatic carbocycles. The predicted molar refractivity (Wildman–Crippen MR) is 125 cm³/mol. The highest BCUT2D eigenvalue weighted by atomic mass is 35.5. The summed E-state index contributed by atoms with van der Waals surface area (Å²) in [6.45, 7) is 0. The van der Waals surface area contributed by atoms with E-state index in [1.807, 2.05) is 0 Å². The molecule has 0 bridgehead atoms. The van der Waals surface area contributed by atoms with Gasteiger partial charge in [-0.05, 0) is 82.9 Å². The van der Waals surface area contributed by atoms with Crippen LogP contribution in [0, 0.1) is 17.5 Å². The number of benzene rings is 4. The largest absolute Gasteiger partial charge is 0.293 e. The van der Waals surface area contributed by atoms with Crippen molar-refractivity contribution in [3.8, 4) is 0 Å². The van der Waals surface area contributed by atoms with Crippen LogP contribution in [0.3, 0.4) is 0 Å². The average Bonchev–Trinajstić information content (AvgIpc) is 2.82. The summed E-state index contributed by atoms with van der Waals surface area (Å²) in [5, 5.41) is 0.499. The van der Waals surface area contributed by atoms with Gasteiger partial charge in [0.15, 0.2) is 5.78 Å². The summed E-state index contributed by atoms with van der Waals surface area (Å²) in [5.41, 5.74) is 2.94. The normalized spacial score (nSPS) is 11.6. The highest BCUT2D eigenvalue weighted by Crippen LogP contribution is 2.31. The van der Waals surface area contributed by atoms with Crippen molar-refractivity contribution in [3.63, 3.8) is 0 Å². The monoisotopic (exact) mass is 462 g/mol. The minimum Gasteiger partial charge on any atom is -0.293 e. The summed E-state index contributed by atoms with van der Waals surface area (Å²) in [6, 6.07) is 23.9. The van der Waals surface area contributed by atoms with Crippen LogP contribution < -0.4 is 0 Å². The second-order valence-electron chi connectivity index (χ2n) is 7.49. The molecule has 1 unspecified atom stereocenters. The molecule has 33 heavy (non-hydrogen) atoms. The van der Waals surface area contributed by atoms with E-state index in [1.54, 1.807) is 66.7 Å². The Morgan fingerprint density at radius 2 is 1.00 bits per heavy atom. The molecule has 4 aromatic carbocycles. The highest BCUT2D eigenvalue weighted by molar-refractivity contribution is 6.30. The SMILES string of the molecule is O=C(c1ccc(Cl)cc1)C(C=C(c1ccc(F)cc1)c1ccc(F)cc1)c1ccc(F)cc1. The number of hydrogen-bond acceptors (Lipinski definition) is 1. The van der Waals surface area contributed by atoms with Crippen molar-refractivity contribution in [2.75, 3.05) is 0 Å². The van der Waals surface area contributed by atoms with Crippen LogP contribution in [0.2, 0.25) is 5.02 Å². The summed E-state index contributed by atoms with van der Waals surface area (Å²) >= 11 is 5.97. The maximum absolute atomic E-state index is 13.6. The van der Waals surface area contributed by atoms with Crippen molar-refractivity contribution in [3.05, 3.63) is 148 Å². The Balaban J connectivity index is 1.89. The number of halogens is 4. The number of rotatable bonds is 6. The van der Waals surface area contributed by atoms with Crippen molar-refractivity contribution in [1.29, 1.82) is 0 Å². The zero-order chi connectivity index (χ0) is 23.4. The average molecular weight is 463 g/mol. The van der Waals surface area contributed by atoms with E-state index in [0.29, 0.717) is 32.8 Å². The summed E-state index contributed by atoms with van der Waals surface area (Å²) in [7, 11) is 0. The first-order valence-electron chi connectivity index (χ1n) is 10.2. The van der Waals surface area contributed by atoms with E-state index in [1.165, 1.54) is 36.4 Å². The van der Waals surface area contributed by atoms with Gasteiger partial charge >= 0.3 is 0 Å². The third-order valence-corrected chi connectivity index (χ3v) is 5.54. The Morgan fingerprint density at radius 3 is 1.45 bits per heavy atom. The molecule has 1 atom stereocenters. The molecular weight excluding hydrogens is 445 g/mol. The molecule has 0 saturated carbocycles. The van der Waals surface area contributed by atoms with E-state index in [0.717, 1.165) is 0 Å². The van der Waals surface area contributed by atoms with Crippen LogP contribution in [-0.4, -0.2) is 5.78 Å². The van der Waals surface area contributed by atoms with Gasteiger partial charge in [0.25, 0.3) is 0 Å². The lowest BCUT2D eigenvalue weighted by Crippen LogP contribution is -2.12. The molecule has 4 rings (SSSR count). The zero-order valence-electron chi connectivity index (χ0n) is 17.3. The lowest BCUT2D eigenvalue weighted by molar-refractivity contribution is 0.0976. The van der Waals surface area contributed by atoms with Gasteiger partial charge < -0.3 is 0 Å². The van der Waals surface area contributed by atoms with Crippen molar-refractivity contribution < 1.29 is 18.0 Å². The summed E-state index contributed by atoms with van der Waals surface area (Å²) in [5.74, 6) is -2.22. The van der Waals surface area contributed by atoms with Gasteiger partial charge in [0.1, 0.15) is 17.5 Å². The molecule has 0 aliphatic heterocycles. The fourth-order valence-electron chi connectivity index (χ4n) is 3.57. The minimum absolute atomic E-state index is 0.222. The Labute approximate surface area is 194 Å². The highest BCUT2D eigenvalue weighted by Gasteiger charge is 2.22. The number of ketones is 1. The maximum Gasteiger partial charge on any atom is 0.174 e. The van der Waals surface area contributed by atoms with Crippen molar-refractivity contribution >= 4 is 23.0 Å². The second kappa shape index (κ2) is 9.88. The van der Waals surface area contributed by atoms with Crippen LogP contribution >= 0.6 is 11.6 Å². The number of carbonyl (C=O) groups is 1. The Morgan fingerprint density at radius 1 is 0.606 bits per heavy atom. The second-order valence-corrected chi connectivity index (χ2v) is 7.93. The fourth-order valence-corrected chi connectivity index (χ4v) is 3.70. The van der Waals surface area contributed by atoms with E-state index in [4.69, 9.17) is 11.6 Å². The molecule has 0 saturated heterocycles. The quantitative estimate of drug-likeness (QED) is 0.266. The lowest BCUT2D eigenvalue weighted by Gasteiger charge is -2.17. The van der Waals surface area contributed by atoms with E-state index >= 15 is 0 Å². The molecule has 0 spiro atoms. The molecular formula is C28H18ClF3O. The summed E-state index contributed by atoms with van der Waals surface area (Å²) in [6.07, 6.45) is 1.74. The first kappa shape index (κ1) is 22.6. The smallest absolute Gasteiger partial charge is 0.174 e. The maximum atomic E-state index is 13.6. The van der Waals surface area contributed by atoms with Crippen LogP contribution in [0.15, 0.2) is 103 Å². The molecule has 4 aromatic rings. The molecule has 0 radical (unpaired) electrons.